The van der Waals surface area contributed by atoms with Crippen molar-refractivity contribution in [3.8, 4) is 5.75 Å². The van der Waals surface area contributed by atoms with E-state index in [-0.39, 0.29) is 24.8 Å². The molecule has 2 aromatic rings. The van der Waals surface area contributed by atoms with Crippen molar-refractivity contribution in [1.29, 1.82) is 0 Å². The monoisotopic (exact) mass is 518 g/mol. The molecule has 4 rings (SSSR count). The fourth-order valence-electron chi connectivity index (χ4n) is 4.32. The molecule has 2 aromatic carbocycles. The Morgan fingerprint density at radius 2 is 1.76 bits per heavy atom. The van der Waals surface area contributed by atoms with Gasteiger partial charge in [-0.25, -0.2) is 0 Å². The molecule has 0 unspecified atom stereocenters. The van der Waals surface area contributed by atoms with E-state index < -0.39 is 30.6 Å². The molecule has 0 spiro atoms. The first kappa shape index (κ1) is 27.1. The van der Waals surface area contributed by atoms with E-state index >= 15 is 0 Å². The van der Waals surface area contributed by atoms with E-state index in [1.807, 2.05) is 72.8 Å². The number of likely N-dealkylation sites (N-methyl/N-ethyl adjacent to an activating group) is 1. The lowest BCUT2D eigenvalue weighted by atomic mass is 10.0. The number of carbonyl (C=O) groups excluding carboxylic acids is 3. The summed E-state index contributed by atoms with van der Waals surface area (Å²) in [5, 5.41) is 18.9. The Bertz CT molecular complexity index is 1200. The molecule has 0 saturated carbocycles. The summed E-state index contributed by atoms with van der Waals surface area (Å²) in [5.41, 5.74) is 2.66. The SMILES string of the molecule is CN1C(=O)[C@H](C2=CC2)NCCOc2ccccc2/C=C/CNC(=O)[C@@H](Cc2ccccc2)NC(=O)[C@@H]1CO. The minimum atomic E-state index is -1.15. The summed E-state index contributed by atoms with van der Waals surface area (Å²) in [6.07, 6.45) is 6.60. The summed E-state index contributed by atoms with van der Waals surface area (Å²) in [7, 11) is 1.49. The molecule has 3 atom stereocenters. The lowest BCUT2D eigenvalue weighted by Crippen LogP contribution is -2.58. The molecule has 9 heteroatoms. The number of allylic oxidation sites excluding steroid dienone is 1. The van der Waals surface area contributed by atoms with Crippen molar-refractivity contribution in [2.24, 2.45) is 0 Å². The van der Waals surface area contributed by atoms with Crippen molar-refractivity contribution >= 4 is 23.8 Å². The van der Waals surface area contributed by atoms with Gasteiger partial charge in [-0.2, -0.15) is 0 Å². The van der Waals surface area contributed by atoms with Gasteiger partial charge in [0.1, 0.15) is 30.5 Å². The summed E-state index contributed by atoms with van der Waals surface area (Å²) in [4.78, 5) is 41.0. The number of rotatable bonds is 4. The summed E-state index contributed by atoms with van der Waals surface area (Å²) in [6.45, 7) is 0.398. The van der Waals surface area contributed by atoms with E-state index in [2.05, 4.69) is 16.0 Å². The predicted molar refractivity (Wildman–Crippen MR) is 144 cm³/mol. The second kappa shape index (κ2) is 13.0. The molecular formula is C29H34N4O5. The number of ether oxygens (including phenoxy) is 1. The van der Waals surface area contributed by atoms with Crippen LogP contribution in [0, 0.1) is 0 Å². The highest BCUT2D eigenvalue weighted by Gasteiger charge is 2.35. The Labute approximate surface area is 222 Å². The van der Waals surface area contributed by atoms with Gasteiger partial charge < -0.3 is 25.4 Å². The Morgan fingerprint density at radius 3 is 2.50 bits per heavy atom. The number of amides is 3. The van der Waals surface area contributed by atoms with Gasteiger partial charge in [0.15, 0.2) is 0 Å². The summed E-state index contributed by atoms with van der Waals surface area (Å²) in [6, 6.07) is 14.3. The van der Waals surface area contributed by atoms with Gasteiger partial charge in [-0.05, 0) is 23.6 Å². The number of aliphatic hydroxyl groups is 1. The molecule has 0 aromatic heterocycles. The zero-order chi connectivity index (χ0) is 26.9. The van der Waals surface area contributed by atoms with E-state index in [9.17, 15) is 19.5 Å². The number of benzene rings is 2. The van der Waals surface area contributed by atoms with Crippen molar-refractivity contribution < 1.29 is 24.2 Å². The Morgan fingerprint density at radius 1 is 1.03 bits per heavy atom. The van der Waals surface area contributed by atoms with Crippen molar-refractivity contribution in [2.45, 2.75) is 31.0 Å². The van der Waals surface area contributed by atoms with Gasteiger partial charge in [-0.3, -0.25) is 19.7 Å². The largest absolute Gasteiger partial charge is 0.492 e. The first-order chi connectivity index (χ1) is 18.5. The first-order valence-electron chi connectivity index (χ1n) is 12.8. The van der Waals surface area contributed by atoms with E-state index in [1.54, 1.807) is 0 Å². The highest BCUT2D eigenvalue weighted by molar-refractivity contribution is 5.94. The summed E-state index contributed by atoms with van der Waals surface area (Å²) < 4.78 is 5.96. The van der Waals surface area contributed by atoms with E-state index in [0.29, 0.717) is 25.3 Å². The van der Waals surface area contributed by atoms with E-state index in [0.717, 1.165) is 16.7 Å². The smallest absolute Gasteiger partial charge is 0.245 e. The summed E-state index contributed by atoms with van der Waals surface area (Å²) in [5.74, 6) is -0.614. The molecule has 200 valence electrons. The van der Waals surface area contributed by atoms with Crippen LogP contribution in [0.3, 0.4) is 0 Å². The molecule has 38 heavy (non-hydrogen) atoms. The molecule has 0 fully saturated rings. The van der Waals surface area contributed by atoms with Crippen LogP contribution in [0.15, 0.2) is 72.3 Å². The predicted octanol–water partition coefficient (Wildman–Crippen LogP) is 1.04. The van der Waals surface area contributed by atoms with Gasteiger partial charge in [-0.1, -0.05) is 66.8 Å². The Kier molecular flexibility index (Phi) is 9.29. The van der Waals surface area contributed by atoms with Crippen LogP contribution in [0.1, 0.15) is 17.5 Å². The van der Waals surface area contributed by atoms with Crippen LogP contribution in [0.25, 0.3) is 6.08 Å². The first-order valence-corrected chi connectivity index (χ1v) is 12.8. The molecule has 0 bridgehead atoms. The average Bonchev–Trinajstić information content (AvgIpc) is 3.77. The number of hydrogen-bond donors (Lipinski definition) is 4. The van der Waals surface area contributed by atoms with Gasteiger partial charge in [0.05, 0.1) is 6.61 Å². The molecule has 1 heterocycles. The normalized spacial score (nSPS) is 24.1. The number of hydrogen-bond acceptors (Lipinski definition) is 6. The minimum Gasteiger partial charge on any atom is -0.492 e. The molecular weight excluding hydrogens is 484 g/mol. The maximum Gasteiger partial charge on any atom is 0.245 e. The second-order valence-electron chi connectivity index (χ2n) is 9.30. The van der Waals surface area contributed by atoms with Crippen LogP contribution in [-0.4, -0.2) is 79.2 Å². The molecule has 4 N–H and O–H groups in total. The number of fused-ring (bicyclic) bond motifs is 1. The number of carbonyl (C=O) groups is 3. The topological polar surface area (TPSA) is 120 Å². The maximum absolute atomic E-state index is 13.4. The number of para-hydroxylation sites is 1. The highest BCUT2D eigenvalue weighted by Crippen LogP contribution is 2.24. The lowest BCUT2D eigenvalue weighted by molar-refractivity contribution is -0.142. The number of aliphatic hydroxyl groups excluding tert-OH is 1. The molecule has 0 saturated heterocycles. The van der Waals surface area contributed by atoms with E-state index in [1.165, 1.54) is 11.9 Å². The molecule has 1 aliphatic heterocycles. The second-order valence-corrected chi connectivity index (χ2v) is 9.30. The Balaban J connectivity index is 1.60. The van der Waals surface area contributed by atoms with Crippen LogP contribution in [0.5, 0.6) is 5.75 Å². The van der Waals surface area contributed by atoms with Gasteiger partial charge in [0.2, 0.25) is 17.7 Å². The van der Waals surface area contributed by atoms with Crippen LogP contribution in [-0.2, 0) is 20.8 Å². The van der Waals surface area contributed by atoms with Gasteiger partial charge in [0.25, 0.3) is 0 Å². The third-order valence-corrected chi connectivity index (χ3v) is 6.58. The van der Waals surface area contributed by atoms with E-state index in [4.69, 9.17) is 4.74 Å². The molecule has 3 amide bonds. The van der Waals surface area contributed by atoms with Gasteiger partial charge >= 0.3 is 0 Å². The zero-order valence-electron chi connectivity index (χ0n) is 21.4. The van der Waals surface area contributed by atoms with Gasteiger partial charge in [0, 0.05) is 32.1 Å². The fourth-order valence-corrected chi connectivity index (χ4v) is 4.32. The van der Waals surface area contributed by atoms with Crippen molar-refractivity contribution in [3.05, 3.63) is 83.4 Å². The molecule has 2 aliphatic rings. The third-order valence-electron chi connectivity index (χ3n) is 6.58. The summed E-state index contributed by atoms with van der Waals surface area (Å²) >= 11 is 0. The number of nitrogens with one attached hydrogen (secondary N) is 3. The molecule has 9 nitrogen and oxygen atoms in total. The van der Waals surface area contributed by atoms with Crippen molar-refractivity contribution in [3.63, 3.8) is 0 Å². The fraction of sp³-hybridized carbons (Fsp3) is 0.345. The highest BCUT2D eigenvalue weighted by atomic mass is 16.5. The molecule has 0 radical (unpaired) electrons. The van der Waals surface area contributed by atoms with Crippen LogP contribution >= 0.6 is 0 Å². The average molecular weight is 519 g/mol. The van der Waals surface area contributed by atoms with Crippen LogP contribution < -0.4 is 20.7 Å². The Hall–Kier alpha value is -3.95. The standard InChI is InChI=1S/C29H34N4O5/c1-33-24(19-34)28(36)32-23(18-20-8-3-2-4-9-20)27(35)31-15-7-11-21-10-5-6-12-25(21)38-17-16-30-26(29(33)37)22-13-14-22/h2-13,23-24,26,30,34H,14-19H2,1H3,(H,31,35)(H,32,36)/b11-7+/t23-,24+,26+/m1/s1. The number of nitrogens with zero attached hydrogens (tertiary/aromatic N) is 1. The van der Waals surface area contributed by atoms with Crippen LogP contribution in [0.4, 0.5) is 0 Å². The van der Waals surface area contributed by atoms with Gasteiger partial charge in [-0.15, -0.1) is 0 Å². The quantitative estimate of drug-likeness (QED) is 0.449. The van der Waals surface area contributed by atoms with Crippen molar-refractivity contribution in [1.82, 2.24) is 20.9 Å². The molecule has 1 aliphatic carbocycles. The van der Waals surface area contributed by atoms with Crippen LogP contribution in [0.2, 0.25) is 0 Å². The van der Waals surface area contributed by atoms with Crippen molar-refractivity contribution in [2.75, 3.05) is 33.4 Å². The maximum atomic E-state index is 13.4. The third kappa shape index (κ3) is 7.08. The zero-order valence-corrected chi connectivity index (χ0v) is 21.4. The lowest BCUT2D eigenvalue weighted by Gasteiger charge is -2.30. The minimum absolute atomic E-state index is 0.245.